The van der Waals surface area contributed by atoms with Gasteiger partial charge in [-0.3, -0.25) is 0 Å². The van der Waals surface area contributed by atoms with Crippen molar-refractivity contribution < 1.29 is 23.8 Å². The first kappa shape index (κ1) is 15.8. The minimum absolute atomic E-state index is 0.142. The molecule has 0 radical (unpaired) electrons. The largest absolute Gasteiger partial charge is 0.513 e. The summed E-state index contributed by atoms with van der Waals surface area (Å²) in [5.74, 6) is 0.143. The van der Waals surface area contributed by atoms with E-state index in [1.807, 2.05) is 13.8 Å². The second-order valence-electron chi connectivity index (χ2n) is 4.51. The van der Waals surface area contributed by atoms with Crippen LogP contribution < -0.4 is 4.74 Å². The van der Waals surface area contributed by atoms with Gasteiger partial charge in [-0.05, 0) is 23.6 Å². The first-order chi connectivity index (χ1) is 9.51. The second-order valence-corrected chi connectivity index (χ2v) is 4.51. The highest BCUT2D eigenvalue weighted by Gasteiger charge is 2.07. The molecule has 0 unspecified atom stereocenters. The number of benzene rings is 1. The molecule has 5 nitrogen and oxygen atoms in total. The fourth-order valence-corrected chi connectivity index (χ4v) is 1.23. The van der Waals surface area contributed by atoms with E-state index in [4.69, 9.17) is 14.2 Å². The molecule has 108 valence electrons. The van der Waals surface area contributed by atoms with Crippen molar-refractivity contribution in [2.45, 2.75) is 20.5 Å². The van der Waals surface area contributed by atoms with Crippen LogP contribution in [0.1, 0.15) is 19.4 Å². The first-order valence-corrected chi connectivity index (χ1v) is 6.24. The molecule has 0 aromatic heterocycles. The van der Waals surface area contributed by atoms with Gasteiger partial charge in [0.1, 0.15) is 12.4 Å². The Labute approximate surface area is 118 Å². The van der Waals surface area contributed by atoms with Crippen molar-refractivity contribution in [1.82, 2.24) is 0 Å². The van der Waals surface area contributed by atoms with Crippen LogP contribution in [0.5, 0.6) is 5.75 Å². The molecule has 1 aromatic rings. The quantitative estimate of drug-likeness (QED) is 0.454. The highest BCUT2D eigenvalue weighted by molar-refractivity contribution is 5.81. The summed E-state index contributed by atoms with van der Waals surface area (Å²) in [7, 11) is 0. The van der Waals surface area contributed by atoms with Crippen molar-refractivity contribution in [2.24, 2.45) is 5.92 Å². The molecular formula is C15H18O5. The van der Waals surface area contributed by atoms with Gasteiger partial charge in [-0.1, -0.05) is 32.6 Å². The van der Waals surface area contributed by atoms with Crippen LogP contribution in [0.2, 0.25) is 0 Å². The molecule has 0 saturated carbocycles. The predicted octanol–water partition coefficient (Wildman–Crippen LogP) is 3.09. The SMILES string of the molecule is C=CC(=O)OCc1ccc(OC(=O)OCC(C)C)cc1. The van der Waals surface area contributed by atoms with Crippen LogP contribution in [0.3, 0.4) is 0 Å². The highest BCUT2D eigenvalue weighted by Crippen LogP contribution is 2.14. The monoisotopic (exact) mass is 278 g/mol. The third-order valence-corrected chi connectivity index (χ3v) is 2.21. The van der Waals surface area contributed by atoms with Crippen molar-refractivity contribution in [3.63, 3.8) is 0 Å². The lowest BCUT2D eigenvalue weighted by atomic mass is 10.2. The van der Waals surface area contributed by atoms with Gasteiger partial charge in [0.2, 0.25) is 0 Å². The Morgan fingerprint density at radius 2 is 1.85 bits per heavy atom. The molecule has 0 heterocycles. The van der Waals surface area contributed by atoms with Crippen LogP contribution in [0.15, 0.2) is 36.9 Å². The summed E-state index contributed by atoms with van der Waals surface area (Å²) in [6, 6.07) is 6.60. The van der Waals surface area contributed by atoms with Gasteiger partial charge in [0.25, 0.3) is 0 Å². The molecule has 0 aliphatic carbocycles. The molecule has 0 amide bonds. The van der Waals surface area contributed by atoms with E-state index in [1.165, 1.54) is 0 Å². The number of carbonyl (C=O) groups excluding carboxylic acids is 2. The molecule has 0 saturated heterocycles. The van der Waals surface area contributed by atoms with Crippen LogP contribution in [-0.4, -0.2) is 18.7 Å². The number of ether oxygens (including phenoxy) is 3. The summed E-state index contributed by atoms with van der Waals surface area (Å²) in [5, 5.41) is 0. The Kier molecular flexibility index (Phi) is 6.29. The van der Waals surface area contributed by atoms with E-state index >= 15 is 0 Å². The number of hydrogen-bond acceptors (Lipinski definition) is 5. The fourth-order valence-electron chi connectivity index (χ4n) is 1.23. The molecule has 1 rings (SSSR count). The molecule has 0 aliphatic rings. The van der Waals surface area contributed by atoms with E-state index in [2.05, 4.69) is 6.58 Å². The summed E-state index contributed by atoms with van der Waals surface area (Å²) in [6.07, 6.45) is 0.368. The maximum Gasteiger partial charge on any atom is 0.513 e. The third kappa shape index (κ3) is 6.04. The molecule has 0 aliphatic heterocycles. The van der Waals surface area contributed by atoms with E-state index in [-0.39, 0.29) is 12.5 Å². The van der Waals surface area contributed by atoms with E-state index in [0.717, 1.165) is 11.6 Å². The number of hydrogen-bond donors (Lipinski definition) is 0. The molecule has 1 aromatic carbocycles. The van der Waals surface area contributed by atoms with Gasteiger partial charge < -0.3 is 14.2 Å². The standard InChI is InChI=1S/C15H18O5/c1-4-14(16)18-10-12-5-7-13(8-6-12)20-15(17)19-9-11(2)3/h4-8,11H,1,9-10H2,2-3H3. The number of rotatable bonds is 6. The minimum Gasteiger partial charge on any atom is -0.458 e. The average Bonchev–Trinajstić information content (AvgIpc) is 2.44. The highest BCUT2D eigenvalue weighted by atomic mass is 16.7. The van der Waals surface area contributed by atoms with Crippen molar-refractivity contribution >= 4 is 12.1 Å². The van der Waals surface area contributed by atoms with Gasteiger partial charge in [-0.15, -0.1) is 0 Å². The first-order valence-electron chi connectivity index (χ1n) is 6.24. The predicted molar refractivity (Wildman–Crippen MR) is 73.2 cm³/mol. The Hall–Kier alpha value is -2.30. The average molecular weight is 278 g/mol. The van der Waals surface area contributed by atoms with E-state index in [9.17, 15) is 9.59 Å². The van der Waals surface area contributed by atoms with Gasteiger partial charge >= 0.3 is 12.1 Å². The number of esters is 1. The van der Waals surface area contributed by atoms with E-state index < -0.39 is 12.1 Å². The lowest BCUT2D eigenvalue weighted by Gasteiger charge is -2.08. The number of carbonyl (C=O) groups is 2. The van der Waals surface area contributed by atoms with Crippen molar-refractivity contribution in [1.29, 1.82) is 0 Å². The van der Waals surface area contributed by atoms with Crippen LogP contribution in [0, 0.1) is 5.92 Å². The lowest BCUT2D eigenvalue weighted by Crippen LogP contribution is -2.14. The van der Waals surface area contributed by atoms with Crippen LogP contribution in [-0.2, 0) is 20.9 Å². The zero-order chi connectivity index (χ0) is 15.0. The topological polar surface area (TPSA) is 61.8 Å². The molecule has 0 atom stereocenters. The zero-order valence-electron chi connectivity index (χ0n) is 11.6. The van der Waals surface area contributed by atoms with Crippen molar-refractivity contribution in [3.05, 3.63) is 42.5 Å². The molecule has 0 spiro atoms. The normalized spacial score (nSPS) is 9.95. The van der Waals surface area contributed by atoms with Crippen molar-refractivity contribution in [3.8, 4) is 5.75 Å². The molecule has 0 bridgehead atoms. The summed E-state index contributed by atoms with van der Waals surface area (Å²) < 4.78 is 14.7. The van der Waals surface area contributed by atoms with Crippen LogP contribution in [0.4, 0.5) is 4.79 Å². The zero-order valence-corrected chi connectivity index (χ0v) is 11.6. The summed E-state index contributed by atoms with van der Waals surface area (Å²) >= 11 is 0. The van der Waals surface area contributed by atoms with Gasteiger partial charge in [-0.25, -0.2) is 9.59 Å². The maximum atomic E-state index is 11.3. The van der Waals surface area contributed by atoms with E-state index in [0.29, 0.717) is 12.4 Å². The fraction of sp³-hybridized carbons (Fsp3) is 0.333. The van der Waals surface area contributed by atoms with E-state index in [1.54, 1.807) is 24.3 Å². The molecular weight excluding hydrogens is 260 g/mol. The van der Waals surface area contributed by atoms with Gasteiger partial charge in [0.15, 0.2) is 0 Å². The van der Waals surface area contributed by atoms with Crippen LogP contribution >= 0.6 is 0 Å². The van der Waals surface area contributed by atoms with Gasteiger partial charge in [0, 0.05) is 6.08 Å². The summed E-state index contributed by atoms with van der Waals surface area (Å²) in [6.45, 7) is 7.63. The van der Waals surface area contributed by atoms with Gasteiger partial charge in [0.05, 0.1) is 6.61 Å². The lowest BCUT2D eigenvalue weighted by molar-refractivity contribution is -0.138. The third-order valence-electron chi connectivity index (χ3n) is 2.21. The molecule has 0 N–H and O–H groups in total. The maximum absolute atomic E-state index is 11.3. The summed E-state index contributed by atoms with van der Waals surface area (Å²) in [5.41, 5.74) is 0.781. The smallest absolute Gasteiger partial charge is 0.458 e. The second kappa shape index (κ2) is 7.99. The Balaban J connectivity index is 2.43. The van der Waals surface area contributed by atoms with Gasteiger partial charge in [-0.2, -0.15) is 0 Å². The Morgan fingerprint density at radius 3 is 2.40 bits per heavy atom. The molecule has 20 heavy (non-hydrogen) atoms. The summed E-state index contributed by atoms with van der Waals surface area (Å²) in [4.78, 5) is 22.2. The molecule has 5 heteroatoms. The Morgan fingerprint density at radius 1 is 1.20 bits per heavy atom. The Bertz CT molecular complexity index is 462. The molecule has 0 fully saturated rings. The van der Waals surface area contributed by atoms with Crippen molar-refractivity contribution in [2.75, 3.05) is 6.61 Å². The minimum atomic E-state index is -0.732. The van der Waals surface area contributed by atoms with Crippen LogP contribution in [0.25, 0.3) is 0 Å².